The molecule has 3 nitrogen and oxygen atoms in total. The van der Waals surface area contributed by atoms with Gasteiger partial charge in [0.15, 0.2) is 5.11 Å². The number of nitrogens with one attached hydrogen (secondary N) is 1. The van der Waals surface area contributed by atoms with Gasteiger partial charge in [-0.25, -0.2) is 0 Å². The third kappa shape index (κ3) is 2.94. The van der Waals surface area contributed by atoms with Gasteiger partial charge < -0.3 is 5.73 Å². The third-order valence-corrected chi connectivity index (χ3v) is 3.26. The van der Waals surface area contributed by atoms with Gasteiger partial charge in [-0.3, -0.25) is 5.43 Å². The Kier molecular flexibility index (Phi) is 3.86. The lowest BCUT2D eigenvalue weighted by Gasteiger charge is -2.33. The molecule has 80 valence electrons. The quantitative estimate of drug-likeness (QED) is 0.420. The van der Waals surface area contributed by atoms with E-state index in [1.54, 1.807) is 0 Å². The van der Waals surface area contributed by atoms with Crippen LogP contribution in [0.4, 0.5) is 0 Å². The van der Waals surface area contributed by atoms with Crippen LogP contribution in [-0.2, 0) is 0 Å². The average Bonchev–Trinajstić information content (AvgIpc) is 2.15. The van der Waals surface area contributed by atoms with Crippen molar-refractivity contribution in [2.45, 2.75) is 46.0 Å². The number of hydrazone groups is 1. The fourth-order valence-corrected chi connectivity index (χ4v) is 2.01. The van der Waals surface area contributed by atoms with Gasteiger partial charge in [-0.05, 0) is 32.0 Å². The minimum absolute atomic E-state index is 0.240. The van der Waals surface area contributed by atoms with Gasteiger partial charge in [0.1, 0.15) is 0 Å². The number of hydrogen-bond donors (Lipinski definition) is 2. The molecule has 0 bridgehead atoms. The number of rotatable bonds is 2. The molecule has 14 heavy (non-hydrogen) atoms. The lowest BCUT2D eigenvalue weighted by atomic mass is 9.73. The highest BCUT2D eigenvalue weighted by Gasteiger charge is 2.29. The van der Waals surface area contributed by atoms with E-state index in [0.717, 1.165) is 5.71 Å². The molecule has 0 heterocycles. The van der Waals surface area contributed by atoms with Gasteiger partial charge in [-0.1, -0.05) is 26.2 Å². The van der Waals surface area contributed by atoms with E-state index in [-0.39, 0.29) is 10.5 Å². The monoisotopic (exact) mass is 213 g/mol. The van der Waals surface area contributed by atoms with E-state index in [0.29, 0.717) is 0 Å². The van der Waals surface area contributed by atoms with Crippen molar-refractivity contribution in [1.82, 2.24) is 5.43 Å². The molecule has 0 unspecified atom stereocenters. The second-order valence-corrected chi connectivity index (χ2v) is 4.73. The molecule has 0 spiro atoms. The molecule has 0 radical (unpaired) electrons. The maximum atomic E-state index is 5.33. The van der Waals surface area contributed by atoms with Crippen LogP contribution in [-0.4, -0.2) is 10.8 Å². The van der Waals surface area contributed by atoms with Crippen molar-refractivity contribution in [3.05, 3.63) is 0 Å². The molecule has 0 aliphatic heterocycles. The summed E-state index contributed by atoms with van der Waals surface area (Å²) in [5.74, 6) is 0. The standard InChI is InChI=1S/C10H19N3S/c1-8(12-13-9(11)14)10(2)6-4-3-5-7-10/h3-7H2,1-2H3,(H3,11,13,14)/b12-8+. The normalized spacial score (nSPS) is 21.7. The number of thiocarbonyl (C=S) groups is 1. The van der Waals surface area contributed by atoms with E-state index in [9.17, 15) is 0 Å². The molecule has 0 aromatic rings. The predicted octanol–water partition coefficient (Wildman–Crippen LogP) is 2.17. The highest BCUT2D eigenvalue weighted by molar-refractivity contribution is 7.80. The molecule has 0 aromatic carbocycles. The summed E-state index contributed by atoms with van der Waals surface area (Å²) in [4.78, 5) is 0. The Morgan fingerprint density at radius 2 is 1.93 bits per heavy atom. The van der Waals surface area contributed by atoms with Crippen molar-refractivity contribution in [2.24, 2.45) is 16.3 Å². The van der Waals surface area contributed by atoms with E-state index >= 15 is 0 Å². The topological polar surface area (TPSA) is 50.4 Å². The number of nitrogens with zero attached hydrogens (tertiary/aromatic N) is 1. The minimum Gasteiger partial charge on any atom is -0.375 e. The lowest BCUT2D eigenvalue weighted by molar-refractivity contribution is 0.310. The Morgan fingerprint density at radius 1 is 1.36 bits per heavy atom. The van der Waals surface area contributed by atoms with E-state index in [4.69, 9.17) is 18.0 Å². The summed E-state index contributed by atoms with van der Waals surface area (Å²) in [6, 6.07) is 0. The molecule has 1 aliphatic rings. The van der Waals surface area contributed by atoms with Crippen LogP contribution in [0.2, 0.25) is 0 Å². The van der Waals surface area contributed by atoms with Crippen LogP contribution in [0.1, 0.15) is 46.0 Å². The zero-order valence-electron chi connectivity index (χ0n) is 8.97. The summed E-state index contributed by atoms with van der Waals surface area (Å²) < 4.78 is 0. The molecular weight excluding hydrogens is 194 g/mol. The average molecular weight is 213 g/mol. The molecule has 0 amide bonds. The third-order valence-electron chi connectivity index (χ3n) is 3.16. The first kappa shape index (κ1) is 11.4. The van der Waals surface area contributed by atoms with Gasteiger partial charge in [0.2, 0.25) is 0 Å². The molecule has 1 rings (SSSR count). The molecule has 0 saturated heterocycles. The SMILES string of the molecule is C/C(=N\NC(N)=S)C1(C)CCCCC1. The maximum Gasteiger partial charge on any atom is 0.184 e. The molecule has 4 heteroatoms. The molecule has 1 aliphatic carbocycles. The Balaban J connectivity index is 2.60. The van der Waals surface area contributed by atoms with Crippen molar-refractivity contribution in [3.63, 3.8) is 0 Å². The summed E-state index contributed by atoms with van der Waals surface area (Å²) in [6.45, 7) is 4.32. The van der Waals surface area contributed by atoms with Gasteiger partial charge in [-0.2, -0.15) is 5.10 Å². The van der Waals surface area contributed by atoms with Crippen molar-refractivity contribution in [2.75, 3.05) is 0 Å². The van der Waals surface area contributed by atoms with Crippen LogP contribution in [0.3, 0.4) is 0 Å². The molecule has 1 saturated carbocycles. The number of nitrogens with two attached hydrogens (primary N) is 1. The van der Waals surface area contributed by atoms with Gasteiger partial charge in [0, 0.05) is 11.1 Å². The van der Waals surface area contributed by atoms with Crippen LogP contribution in [0, 0.1) is 5.41 Å². The van der Waals surface area contributed by atoms with Gasteiger partial charge >= 0.3 is 0 Å². The van der Waals surface area contributed by atoms with Gasteiger partial charge in [-0.15, -0.1) is 0 Å². The van der Waals surface area contributed by atoms with Crippen molar-refractivity contribution < 1.29 is 0 Å². The summed E-state index contributed by atoms with van der Waals surface area (Å²) in [5, 5.41) is 4.46. The van der Waals surface area contributed by atoms with Gasteiger partial charge in [0.25, 0.3) is 0 Å². The summed E-state index contributed by atoms with van der Waals surface area (Å²) >= 11 is 4.71. The van der Waals surface area contributed by atoms with Crippen LogP contribution in [0.5, 0.6) is 0 Å². The highest BCUT2D eigenvalue weighted by atomic mass is 32.1. The Labute approximate surface area is 91.1 Å². The van der Waals surface area contributed by atoms with E-state index in [1.165, 1.54) is 32.1 Å². The Bertz CT molecular complexity index is 242. The zero-order chi connectivity index (χ0) is 10.6. The number of hydrogen-bond acceptors (Lipinski definition) is 2. The van der Waals surface area contributed by atoms with Crippen LogP contribution >= 0.6 is 12.2 Å². The molecular formula is C10H19N3S. The zero-order valence-corrected chi connectivity index (χ0v) is 9.78. The van der Waals surface area contributed by atoms with E-state index < -0.39 is 0 Å². The lowest BCUT2D eigenvalue weighted by Crippen LogP contribution is -2.32. The van der Waals surface area contributed by atoms with Gasteiger partial charge in [0.05, 0.1) is 0 Å². The molecule has 0 atom stereocenters. The Hall–Kier alpha value is -0.640. The molecule has 0 aromatic heterocycles. The van der Waals surface area contributed by atoms with Crippen molar-refractivity contribution in [3.8, 4) is 0 Å². The predicted molar refractivity (Wildman–Crippen MR) is 64.2 cm³/mol. The van der Waals surface area contributed by atoms with Crippen molar-refractivity contribution >= 4 is 23.0 Å². The Morgan fingerprint density at radius 3 is 2.43 bits per heavy atom. The first-order valence-corrected chi connectivity index (χ1v) is 5.56. The van der Waals surface area contributed by atoms with Crippen LogP contribution < -0.4 is 11.2 Å². The van der Waals surface area contributed by atoms with Crippen LogP contribution in [0.15, 0.2) is 5.10 Å². The smallest absolute Gasteiger partial charge is 0.184 e. The highest BCUT2D eigenvalue weighted by Crippen LogP contribution is 2.36. The second-order valence-electron chi connectivity index (χ2n) is 4.29. The molecule has 1 fully saturated rings. The van der Waals surface area contributed by atoms with Crippen molar-refractivity contribution in [1.29, 1.82) is 0 Å². The summed E-state index contributed by atoms with van der Waals surface area (Å²) in [5.41, 5.74) is 9.35. The van der Waals surface area contributed by atoms with Crippen LogP contribution in [0.25, 0.3) is 0 Å². The fraction of sp³-hybridized carbons (Fsp3) is 0.800. The van der Waals surface area contributed by atoms with E-state index in [2.05, 4.69) is 24.4 Å². The minimum atomic E-state index is 0.240. The van der Waals surface area contributed by atoms with E-state index in [1.807, 2.05) is 0 Å². The second kappa shape index (κ2) is 4.73. The molecule has 3 N–H and O–H groups in total. The largest absolute Gasteiger partial charge is 0.375 e. The summed E-state index contributed by atoms with van der Waals surface area (Å²) in [6.07, 6.45) is 6.40. The first-order valence-electron chi connectivity index (χ1n) is 5.15. The summed E-state index contributed by atoms with van der Waals surface area (Å²) in [7, 11) is 0. The maximum absolute atomic E-state index is 5.33. The fourth-order valence-electron chi connectivity index (χ4n) is 1.97. The first-order chi connectivity index (χ1) is 6.54.